The maximum atomic E-state index is 13.6. The Morgan fingerprint density at radius 1 is 1.06 bits per heavy atom. The number of Topliss-reactive ketones (excluding diaryl/α,β-unsaturated/α-hetero) is 1. The van der Waals surface area contributed by atoms with Crippen LogP contribution in [0.25, 0.3) is 11.1 Å². The number of hydrogen-bond donors (Lipinski definition) is 0. The van der Waals surface area contributed by atoms with Gasteiger partial charge in [-0.15, -0.1) is 0 Å². The van der Waals surface area contributed by atoms with Crippen LogP contribution in [-0.4, -0.2) is 29.9 Å². The largest absolute Gasteiger partial charge is 0.440 e. The molecule has 1 aliphatic rings. The molecule has 0 saturated heterocycles. The zero-order valence-electron chi connectivity index (χ0n) is 20.5. The van der Waals surface area contributed by atoms with Crippen molar-refractivity contribution in [1.82, 2.24) is 9.97 Å². The Morgan fingerprint density at radius 3 is 2.39 bits per heavy atom. The average molecular weight is 507 g/mol. The summed E-state index contributed by atoms with van der Waals surface area (Å²) in [6.45, 7) is 5.65. The molecule has 0 atom stereocenters. The van der Waals surface area contributed by atoms with Crippen LogP contribution in [0, 0.1) is 19.7 Å². The highest BCUT2D eigenvalue weighted by atomic mass is 32.2. The second-order valence-corrected chi connectivity index (χ2v) is 11.9. The first kappa shape index (κ1) is 24.3. The lowest BCUT2D eigenvalue weighted by atomic mass is 9.85. The van der Waals surface area contributed by atoms with E-state index in [2.05, 4.69) is 9.97 Å². The van der Waals surface area contributed by atoms with Crippen LogP contribution >= 0.6 is 0 Å². The Morgan fingerprint density at radius 2 is 1.78 bits per heavy atom. The number of fused-ring (bicyclic) bond motifs is 1. The molecule has 0 aliphatic heterocycles. The number of pyridine rings is 1. The molecule has 186 valence electrons. The van der Waals surface area contributed by atoms with Crippen LogP contribution in [0.3, 0.4) is 0 Å². The lowest BCUT2D eigenvalue weighted by Crippen LogP contribution is -2.15. The summed E-state index contributed by atoms with van der Waals surface area (Å²) in [6.07, 6.45) is 3.51. The normalized spacial score (nSPS) is 14.8. The van der Waals surface area contributed by atoms with E-state index in [0.717, 1.165) is 35.1 Å². The van der Waals surface area contributed by atoms with E-state index in [1.54, 1.807) is 19.1 Å². The third-order valence-electron chi connectivity index (χ3n) is 6.90. The van der Waals surface area contributed by atoms with Crippen molar-refractivity contribution in [3.05, 3.63) is 88.3 Å². The molecule has 5 rings (SSSR count). The molecule has 0 bridgehead atoms. The summed E-state index contributed by atoms with van der Waals surface area (Å²) < 4.78 is 43.5. The summed E-state index contributed by atoms with van der Waals surface area (Å²) in [5.74, 6) is 0.266. The minimum Gasteiger partial charge on any atom is -0.440 e. The molecule has 0 unspecified atom stereocenters. The van der Waals surface area contributed by atoms with E-state index >= 15 is 0 Å². The third kappa shape index (κ3) is 4.46. The first-order valence-corrected chi connectivity index (χ1v) is 13.6. The highest BCUT2D eigenvalue weighted by Gasteiger charge is 2.52. The van der Waals surface area contributed by atoms with Crippen molar-refractivity contribution < 1.29 is 22.0 Å². The molecule has 8 heteroatoms. The van der Waals surface area contributed by atoms with Gasteiger partial charge in [-0.2, -0.15) is 0 Å². The van der Waals surface area contributed by atoms with Crippen molar-refractivity contribution in [3.8, 4) is 0 Å². The lowest BCUT2D eigenvalue weighted by molar-refractivity contribution is -0.117. The highest BCUT2D eigenvalue weighted by Crippen LogP contribution is 2.55. The van der Waals surface area contributed by atoms with Gasteiger partial charge in [-0.25, -0.2) is 17.8 Å². The molecular formula is C28H27FN2O4S. The molecule has 0 radical (unpaired) electrons. The Bertz CT molecular complexity index is 1560. The molecule has 0 spiro atoms. The van der Waals surface area contributed by atoms with Gasteiger partial charge in [-0.3, -0.25) is 9.78 Å². The van der Waals surface area contributed by atoms with Gasteiger partial charge in [0.15, 0.2) is 15.4 Å². The number of ketones is 1. The fraction of sp³-hybridized carbons (Fsp3) is 0.321. The van der Waals surface area contributed by atoms with Gasteiger partial charge in [0.25, 0.3) is 0 Å². The standard InChI is InChI=1S/C28H27FN2O4S/c1-4-36(33,34)23-7-6-21(30-16-23)15-22(32)13-19-11-17(2)26(18(3)12-19)28(9-10-28)27-31-24-8-5-20(29)14-25(24)35-27/h5-8,11-12,14,16H,4,9-10,13,15H2,1-3H3. The molecular weight excluding hydrogens is 479 g/mol. The number of oxazole rings is 1. The van der Waals surface area contributed by atoms with Crippen molar-refractivity contribution in [1.29, 1.82) is 0 Å². The van der Waals surface area contributed by atoms with Crippen LogP contribution in [-0.2, 0) is 32.9 Å². The van der Waals surface area contributed by atoms with Gasteiger partial charge >= 0.3 is 0 Å². The number of rotatable bonds is 8. The van der Waals surface area contributed by atoms with Crippen molar-refractivity contribution in [2.45, 2.75) is 56.8 Å². The van der Waals surface area contributed by atoms with Gasteiger partial charge < -0.3 is 4.42 Å². The topological polar surface area (TPSA) is 90.1 Å². The summed E-state index contributed by atoms with van der Waals surface area (Å²) in [6, 6.07) is 11.6. The van der Waals surface area contributed by atoms with Gasteiger partial charge in [-0.1, -0.05) is 19.1 Å². The van der Waals surface area contributed by atoms with E-state index in [1.165, 1.54) is 24.4 Å². The van der Waals surface area contributed by atoms with Crippen LogP contribution in [0.1, 0.15) is 53.6 Å². The van der Waals surface area contributed by atoms with E-state index in [0.29, 0.717) is 22.7 Å². The summed E-state index contributed by atoms with van der Waals surface area (Å²) in [5, 5.41) is 0. The van der Waals surface area contributed by atoms with Gasteiger partial charge in [0.05, 0.1) is 16.1 Å². The monoisotopic (exact) mass is 506 g/mol. The number of hydrogen-bond acceptors (Lipinski definition) is 6. The number of aromatic nitrogens is 2. The number of nitrogens with zero attached hydrogens (tertiary/aromatic N) is 2. The summed E-state index contributed by atoms with van der Waals surface area (Å²) in [4.78, 5) is 21.8. The quantitative estimate of drug-likeness (QED) is 0.326. The molecule has 1 fully saturated rings. The van der Waals surface area contributed by atoms with E-state index in [9.17, 15) is 17.6 Å². The van der Waals surface area contributed by atoms with Gasteiger partial charge in [0, 0.05) is 30.8 Å². The van der Waals surface area contributed by atoms with Gasteiger partial charge in [0.1, 0.15) is 17.1 Å². The van der Waals surface area contributed by atoms with E-state index in [-0.39, 0.29) is 40.5 Å². The van der Waals surface area contributed by atoms with Crippen molar-refractivity contribution in [3.63, 3.8) is 0 Å². The molecule has 2 aromatic heterocycles. The smallest absolute Gasteiger partial charge is 0.206 e. The molecule has 2 aromatic carbocycles. The highest BCUT2D eigenvalue weighted by molar-refractivity contribution is 7.91. The number of carbonyl (C=O) groups excluding carboxylic acids is 1. The van der Waals surface area contributed by atoms with Crippen LogP contribution in [0.15, 0.2) is 58.0 Å². The zero-order valence-corrected chi connectivity index (χ0v) is 21.3. The summed E-state index contributed by atoms with van der Waals surface area (Å²) in [7, 11) is -3.32. The van der Waals surface area contributed by atoms with E-state index in [4.69, 9.17) is 4.42 Å². The van der Waals surface area contributed by atoms with Crippen LogP contribution in [0.4, 0.5) is 4.39 Å². The molecule has 4 aromatic rings. The van der Waals surface area contributed by atoms with Crippen molar-refractivity contribution in [2.75, 3.05) is 5.75 Å². The fourth-order valence-electron chi connectivity index (χ4n) is 5.07. The summed E-state index contributed by atoms with van der Waals surface area (Å²) in [5.41, 5.74) is 5.51. The van der Waals surface area contributed by atoms with E-state index in [1.807, 2.05) is 26.0 Å². The van der Waals surface area contributed by atoms with Crippen LogP contribution in [0.2, 0.25) is 0 Å². The van der Waals surface area contributed by atoms with E-state index < -0.39 is 9.84 Å². The fourth-order valence-corrected chi connectivity index (χ4v) is 5.89. The molecule has 0 N–H and O–H groups in total. The van der Waals surface area contributed by atoms with Crippen molar-refractivity contribution >= 4 is 26.7 Å². The Hall–Kier alpha value is -3.39. The van der Waals surface area contributed by atoms with Crippen LogP contribution < -0.4 is 0 Å². The second kappa shape index (κ2) is 8.92. The van der Waals surface area contributed by atoms with Crippen LogP contribution in [0.5, 0.6) is 0 Å². The predicted octanol–water partition coefficient (Wildman–Crippen LogP) is 5.21. The number of halogens is 1. The molecule has 1 saturated carbocycles. The number of benzene rings is 2. The Kier molecular flexibility index (Phi) is 6.03. The number of sulfone groups is 1. The maximum absolute atomic E-state index is 13.6. The summed E-state index contributed by atoms with van der Waals surface area (Å²) >= 11 is 0. The Balaban J connectivity index is 1.34. The number of aryl methyl sites for hydroxylation is 2. The number of carbonyl (C=O) groups is 1. The first-order valence-electron chi connectivity index (χ1n) is 12.0. The second-order valence-electron chi connectivity index (χ2n) is 9.60. The molecule has 6 nitrogen and oxygen atoms in total. The average Bonchev–Trinajstić information content (AvgIpc) is 3.50. The lowest BCUT2D eigenvalue weighted by Gasteiger charge is -2.19. The van der Waals surface area contributed by atoms with Gasteiger partial charge in [0.2, 0.25) is 5.89 Å². The van der Waals surface area contributed by atoms with Gasteiger partial charge in [-0.05, 0) is 73.2 Å². The first-order chi connectivity index (χ1) is 17.1. The molecule has 0 amide bonds. The maximum Gasteiger partial charge on any atom is 0.206 e. The molecule has 36 heavy (non-hydrogen) atoms. The Labute approximate surface area is 209 Å². The minimum absolute atomic E-state index is 0.00209. The molecule has 1 aliphatic carbocycles. The van der Waals surface area contributed by atoms with Crippen molar-refractivity contribution in [2.24, 2.45) is 0 Å². The minimum atomic E-state index is -3.32. The SMILES string of the molecule is CCS(=O)(=O)c1ccc(CC(=O)Cc2cc(C)c(C3(c4nc5ccc(F)cc5o4)CC3)c(C)c2)nc1. The predicted molar refractivity (Wildman–Crippen MR) is 134 cm³/mol. The third-order valence-corrected chi connectivity index (χ3v) is 8.62. The zero-order chi connectivity index (χ0) is 25.7. The molecule has 2 heterocycles.